The quantitative estimate of drug-likeness (QED) is 0.806. The number of halogens is 2. The molecular weight excluding hydrogens is 371 g/mol. The maximum Gasteiger partial charge on any atom is 0.242 e. The van der Waals surface area contributed by atoms with Gasteiger partial charge in [-0.05, 0) is 42.7 Å². The molecule has 0 saturated carbocycles. The second kappa shape index (κ2) is 9.06. The fourth-order valence-corrected chi connectivity index (χ4v) is 3.01. The fourth-order valence-electron chi connectivity index (χ4n) is 2.69. The van der Waals surface area contributed by atoms with Crippen molar-refractivity contribution in [2.45, 2.75) is 32.9 Å². The van der Waals surface area contributed by atoms with Crippen molar-refractivity contribution < 1.29 is 9.59 Å². The summed E-state index contributed by atoms with van der Waals surface area (Å²) >= 11 is 12.0. The summed E-state index contributed by atoms with van der Waals surface area (Å²) < 4.78 is 0. The van der Waals surface area contributed by atoms with Gasteiger partial charge in [0.25, 0.3) is 0 Å². The number of rotatable bonds is 6. The molecule has 0 fully saturated rings. The smallest absolute Gasteiger partial charge is 0.242 e. The van der Waals surface area contributed by atoms with Gasteiger partial charge in [-0.25, -0.2) is 0 Å². The van der Waals surface area contributed by atoms with Crippen LogP contribution in [0, 0.1) is 6.92 Å². The van der Waals surface area contributed by atoms with Gasteiger partial charge in [-0.1, -0.05) is 53.5 Å². The summed E-state index contributed by atoms with van der Waals surface area (Å²) in [5.41, 5.74) is 2.83. The normalized spacial score (nSPS) is 11.7. The van der Waals surface area contributed by atoms with E-state index in [-0.39, 0.29) is 18.2 Å². The van der Waals surface area contributed by atoms with Crippen molar-refractivity contribution in [3.8, 4) is 0 Å². The summed E-state index contributed by atoms with van der Waals surface area (Å²) in [6, 6.07) is 12.3. The summed E-state index contributed by atoms with van der Waals surface area (Å²) in [5.74, 6) is -0.358. The number of amides is 2. The average Bonchev–Trinajstić information content (AvgIpc) is 2.62. The van der Waals surface area contributed by atoms with Crippen LogP contribution in [0.2, 0.25) is 10.0 Å². The van der Waals surface area contributed by atoms with Gasteiger partial charge in [0.05, 0.1) is 16.5 Å². The van der Waals surface area contributed by atoms with Gasteiger partial charge in [0.1, 0.15) is 6.04 Å². The summed E-state index contributed by atoms with van der Waals surface area (Å²) in [6.45, 7) is 4.08. The lowest BCUT2D eigenvalue weighted by molar-refractivity contribution is -0.139. The Balaban J connectivity index is 2.26. The Labute approximate surface area is 164 Å². The first-order valence-corrected chi connectivity index (χ1v) is 9.08. The van der Waals surface area contributed by atoms with Crippen LogP contribution in [0.25, 0.3) is 0 Å². The third kappa shape index (κ3) is 4.99. The van der Waals surface area contributed by atoms with E-state index in [0.29, 0.717) is 16.6 Å². The molecule has 2 aromatic rings. The van der Waals surface area contributed by atoms with E-state index in [2.05, 4.69) is 5.32 Å². The molecule has 1 N–H and O–H groups in total. The van der Waals surface area contributed by atoms with E-state index >= 15 is 0 Å². The van der Waals surface area contributed by atoms with Crippen molar-refractivity contribution in [2.75, 3.05) is 7.05 Å². The van der Waals surface area contributed by atoms with Crippen molar-refractivity contribution in [3.63, 3.8) is 0 Å². The molecule has 0 unspecified atom stereocenters. The molecule has 4 nitrogen and oxygen atoms in total. The Hall–Kier alpha value is -2.04. The summed E-state index contributed by atoms with van der Waals surface area (Å²) in [7, 11) is 1.56. The first-order valence-electron chi connectivity index (χ1n) is 8.33. The summed E-state index contributed by atoms with van der Waals surface area (Å²) in [6.07, 6.45) is 0.143. The molecule has 0 aliphatic carbocycles. The SMILES string of the molecule is CNC(=O)[C@H](C)N(Cc1ccccc1C)C(=O)Cc1ccc(Cl)c(Cl)c1. The second-order valence-corrected chi connectivity index (χ2v) is 6.98. The van der Waals surface area contributed by atoms with Crippen molar-refractivity contribution in [2.24, 2.45) is 0 Å². The zero-order chi connectivity index (χ0) is 19.3. The van der Waals surface area contributed by atoms with E-state index in [4.69, 9.17) is 23.2 Å². The first-order chi connectivity index (χ1) is 12.3. The Bertz CT molecular complexity index is 808. The lowest BCUT2D eigenvalue weighted by atomic mass is 10.1. The molecule has 0 spiro atoms. The maximum absolute atomic E-state index is 13.0. The molecular formula is C20H22Cl2N2O2. The number of aryl methyl sites for hydroxylation is 1. The van der Waals surface area contributed by atoms with E-state index in [1.54, 1.807) is 37.1 Å². The van der Waals surface area contributed by atoms with Gasteiger partial charge in [0.15, 0.2) is 0 Å². The second-order valence-electron chi connectivity index (χ2n) is 6.16. The molecule has 0 heterocycles. The van der Waals surface area contributed by atoms with E-state index < -0.39 is 6.04 Å². The number of nitrogens with zero attached hydrogens (tertiary/aromatic N) is 1. The predicted molar refractivity (Wildman–Crippen MR) is 105 cm³/mol. The van der Waals surface area contributed by atoms with E-state index in [1.807, 2.05) is 31.2 Å². The van der Waals surface area contributed by atoms with Crippen LogP contribution < -0.4 is 5.32 Å². The van der Waals surface area contributed by atoms with Gasteiger partial charge >= 0.3 is 0 Å². The third-order valence-electron chi connectivity index (χ3n) is 4.36. The van der Waals surface area contributed by atoms with Crippen molar-refractivity contribution in [1.82, 2.24) is 10.2 Å². The number of hydrogen-bond acceptors (Lipinski definition) is 2. The van der Waals surface area contributed by atoms with E-state index in [1.165, 1.54) is 0 Å². The molecule has 0 aromatic heterocycles. The highest BCUT2D eigenvalue weighted by atomic mass is 35.5. The minimum Gasteiger partial charge on any atom is -0.357 e. The predicted octanol–water partition coefficient (Wildman–Crippen LogP) is 4.01. The van der Waals surface area contributed by atoms with Gasteiger partial charge in [0.2, 0.25) is 11.8 Å². The maximum atomic E-state index is 13.0. The monoisotopic (exact) mass is 392 g/mol. The third-order valence-corrected chi connectivity index (χ3v) is 5.09. The van der Waals surface area contributed by atoms with Crippen LogP contribution in [-0.4, -0.2) is 29.8 Å². The van der Waals surface area contributed by atoms with Crippen LogP contribution in [0.3, 0.4) is 0 Å². The molecule has 0 radical (unpaired) electrons. The zero-order valence-corrected chi connectivity index (χ0v) is 16.6. The molecule has 0 aliphatic rings. The Kier molecular flexibility index (Phi) is 7.06. The topological polar surface area (TPSA) is 49.4 Å². The van der Waals surface area contributed by atoms with Gasteiger partial charge in [0, 0.05) is 13.6 Å². The zero-order valence-electron chi connectivity index (χ0n) is 15.1. The Morgan fingerprint density at radius 1 is 1.12 bits per heavy atom. The number of carbonyl (C=O) groups excluding carboxylic acids is 2. The van der Waals surface area contributed by atoms with Crippen LogP contribution in [0.15, 0.2) is 42.5 Å². The van der Waals surface area contributed by atoms with E-state index in [9.17, 15) is 9.59 Å². The first kappa shape index (κ1) is 20.3. The average molecular weight is 393 g/mol. The minimum absolute atomic E-state index is 0.143. The largest absolute Gasteiger partial charge is 0.357 e. The highest BCUT2D eigenvalue weighted by Gasteiger charge is 2.26. The van der Waals surface area contributed by atoms with Crippen LogP contribution in [0.1, 0.15) is 23.6 Å². The van der Waals surface area contributed by atoms with Crippen LogP contribution in [0.4, 0.5) is 0 Å². The van der Waals surface area contributed by atoms with Gasteiger partial charge < -0.3 is 10.2 Å². The highest BCUT2D eigenvalue weighted by Crippen LogP contribution is 2.23. The summed E-state index contributed by atoms with van der Waals surface area (Å²) in [5, 5.41) is 3.46. The molecule has 6 heteroatoms. The van der Waals surface area contributed by atoms with Crippen molar-refractivity contribution in [3.05, 3.63) is 69.2 Å². The standard InChI is InChI=1S/C20H22Cl2N2O2/c1-13-6-4-5-7-16(13)12-24(14(2)20(26)23-3)19(25)11-15-8-9-17(21)18(22)10-15/h4-10,14H,11-12H2,1-3H3,(H,23,26)/t14-/m0/s1. The van der Waals surface area contributed by atoms with Gasteiger partial charge in [-0.3, -0.25) is 9.59 Å². The number of nitrogens with one attached hydrogen (secondary N) is 1. The lowest BCUT2D eigenvalue weighted by Gasteiger charge is -2.29. The molecule has 0 bridgehead atoms. The summed E-state index contributed by atoms with van der Waals surface area (Å²) in [4.78, 5) is 26.7. The molecule has 0 aliphatic heterocycles. The van der Waals surface area contributed by atoms with Crippen LogP contribution in [0.5, 0.6) is 0 Å². The van der Waals surface area contributed by atoms with Crippen LogP contribution >= 0.6 is 23.2 Å². The molecule has 2 amide bonds. The molecule has 2 rings (SSSR count). The molecule has 0 saturated heterocycles. The van der Waals surface area contributed by atoms with Crippen molar-refractivity contribution >= 4 is 35.0 Å². The number of benzene rings is 2. The molecule has 2 aromatic carbocycles. The molecule has 26 heavy (non-hydrogen) atoms. The van der Waals surface area contributed by atoms with Crippen molar-refractivity contribution in [1.29, 1.82) is 0 Å². The van der Waals surface area contributed by atoms with Crippen LogP contribution in [-0.2, 0) is 22.6 Å². The fraction of sp³-hybridized carbons (Fsp3) is 0.300. The molecule has 1 atom stereocenters. The van der Waals surface area contributed by atoms with Gasteiger partial charge in [-0.2, -0.15) is 0 Å². The molecule has 138 valence electrons. The Morgan fingerprint density at radius 3 is 2.42 bits per heavy atom. The highest BCUT2D eigenvalue weighted by molar-refractivity contribution is 6.42. The van der Waals surface area contributed by atoms with E-state index in [0.717, 1.165) is 16.7 Å². The number of carbonyl (C=O) groups is 2. The number of hydrogen-bond donors (Lipinski definition) is 1. The number of likely N-dealkylation sites (N-methyl/N-ethyl adjacent to an activating group) is 1. The lowest BCUT2D eigenvalue weighted by Crippen LogP contribution is -2.47. The van der Waals surface area contributed by atoms with Gasteiger partial charge in [-0.15, -0.1) is 0 Å². The minimum atomic E-state index is -0.588. The Morgan fingerprint density at radius 2 is 1.81 bits per heavy atom.